The fourth-order valence-electron chi connectivity index (χ4n) is 4.67. The Morgan fingerprint density at radius 2 is 1.80 bits per heavy atom. The number of amides is 2. The van der Waals surface area contributed by atoms with Crippen molar-refractivity contribution in [3.63, 3.8) is 0 Å². The molecule has 3 aromatic rings. The minimum Gasteiger partial charge on any atom is -0.366 e. The third-order valence-electron chi connectivity index (χ3n) is 7.13. The molecule has 1 fully saturated rings. The molecule has 0 N–H and O–H groups in total. The number of hydrogen-bond donors (Lipinski definition) is 0. The number of benzene rings is 1. The highest BCUT2D eigenvalue weighted by atomic mass is 16.5. The Bertz CT molecular complexity index is 1400. The minimum absolute atomic E-state index is 0.0570. The summed E-state index contributed by atoms with van der Waals surface area (Å²) < 4.78 is 5.30. The van der Waals surface area contributed by atoms with E-state index in [1.54, 1.807) is 24.2 Å². The molecule has 1 saturated heterocycles. The highest BCUT2D eigenvalue weighted by Crippen LogP contribution is 2.32. The Morgan fingerprint density at radius 1 is 1.07 bits per heavy atom. The molecule has 218 valence electrons. The Morgan fingerprint density at radius 3 is 2.44 bits per heavy atom. The lowest BCUT2D eigenvalue weighted by Gasteiger charge is -2.36. The van der Waals surface area contributed by atoms with Crippen LogP contribution >= 0.6 is 0 Å². The van der Waals surface area contributed by atoms with Gasteiger partial charge < -0.3 is 24.1 Å². The van der Waals surface area contributed by atoms with E-state index in [0.717, 1.165) is 47.6 Å². The van der Waals surface area contributed by atoms with Gasteiger partial charge in [0.1, 0.15) is 0 Å². The van der Waals surface area contributed by atoms with Crippen molar-refractivity contribution in [1.29, 1.82) is 0 Å². The van der Waals surface area contributed by atoms with Gasteiger partial charge in [0.05, 0.1) is 11.9 Å². The van der Waals surface area contributed by atoms with E-state index in [0.29, 0.717) is 25.5 Å². The van der Waals surface area contributed by atoms with Crippen LogP contribution in [0.5, 0.6) is 0 Å². The first kappa shape index (κ1) is 29.9. The van der Waals surface area contributed by atoms with Gasteiger partial charge in [-0.2, -0.15) is 4.98 Å². The number of anilines is 1. The zero-order valence-electron chi connectivity index (χ0n) is 25.2. The lowest BCUT2D eigenvalue weighted by molar-refractivity contribution is -0.126. The molecule has 2 aromatic heterocycles. The van der Waals surface area contributed by atoms with E-state index in [1.807, 2.05) is 63.0 Å². The first-order chi connectivity index (χ1) is 19.4. The van der Waals surface area contributed by atoms with E-state index in [9.17, 15) is 9.59 Å². The SMILES string of the molecule is Cc1cc(-c2ccncc2N2CCN(C(=O)/C=C/CN(C)C)CC2)ccc1CN(C)C(=O)c1noc(C(C)(C)C)n1. The molecule has 0 spiro atoms. The Labute approximate surface area is 242 Å². The van der Waals surface area contributed by atoms with E-state index in [-0.39, 0.29) is 23.1 Å². The summed E-state index contributed by atoms with van der Waals surface area (Å²) in [5.41, 5.74) is 5.01. The van der Waals surface area contributed by atoms with Crippen molar-refractivity contribution < 1.29 is 14.1 Å². The maximum atomic E-state index is 13.0. The van der Waals surface area contributed by atoms with Gasteiger partial charge in [-0.1, -0.05) is 50.2 Å². The van der Waals surface area contributed by atoms with E-state index in [4.69, 9.17) is 4.52 Å². The van der Waals surface area contributed by atoms with Gasteiger partial charge in [-0.25, -0.2) is 0 Å². The Hall–Kier alpha value is -4.05. The lowest BCUT2D eigenvalue weighted by atomic mass is 9.97. The molecule has 3 heterocycles. The number of pyridine rings is 1. The van der Waals surface area contributed by atoms with Gasteiger partial charge in [0.25, 0.3) is 11.7 Å². The molecule has 41 heavy (non-hydrogen) atoms. The van der Waals surface area contributed by atoms with Crippen LogP contribution in [0.2, 0.25) is 0 Å². The largest absolute Gasteiger partial charge is 0.366 e. The molecule has 0 radical (unpaired) electrons. The van der Waals surface area contributed by atoms with Crippen LogP contribution in [0.3, 0.4) is 0 Å². The van der Waals surface area contributed by atoms with E-state index in [1.165, 1.54) is 0 Å². The van der Waals surface area contributed by atoms with Crippen LogP contribution in [0.4, 0.5) is 5.69 Å². The summed E-state index contributed by atoms with van der Waals surface area (Å²) in [6, 6.07) is 8.32. The predicted molar refractivity (Wildman–Crippen MR) is 160 cm³/mol. The standard InChI is InChI=1S/C31H41N7O3/c1-22-19-23(10-11-24(22)21-36(7)29(40)28-33-30(41-34-28)31(2,3)4)25-12-13-32-20-26(25)37-15-17-38(18-16-37)27(39)9-8-14-35(5)6/h8-13,19-20H,14-18,21H2,1-7H3/b9-8+. The summed E-state index contributed by atoms with van der Waals surface area (Å²) in [6.45, 7) is 11.9. The van der Waals surface area contributed by atoms with Gasteiger partial charge in [-0.05, 0) is 43.8 Å². The molecular weight excluding hydrogens is 518 g/mol. The maximum Gasteiger partial charge on any atom is 0.295 e. The number of rotatable bonds is 8. The quantitative estimate of drug-likeness (QED) is 0.385. The van der Waals surface area contributed by atoms with Crippen LogP contribution in [0.1, 0.15) is 48.4 Å². The number of nitrogens with zero attached hydrogens (tertiary/aromatic N) is 7. The highest BCUT2D eigenvalue weighted by Gasteiger charge is 2.26. The average molecular weight is 560 g/mol. The fourth-order valence-corrected chi connectivity index (χ4v) is 4.67. The number of hydrogen-bond acceptors (Lipinski definition) is 8. The number of carbonyl (C=O) groups is 2. The number of aromatic nitrogens is 3. The molecule has 0 unspecified atom stereocenters. The van der Waals surface area contributed by atoms with Crippen molar-refractivity contribution >= 4 is 17.5 Å². The average Bonchev–Trinajstić information content (AvgIpc) is 3.45. The van der Waals surface area contributed by atoms with Gasteiger partial charge in [-0.15, -0.1) is 0 Å². The van der Waals surface area contributed by atoms with Crippen molar-refractivity contribution in [3.8, 4) is 11.1 Å². The monoisotopic (exact) mass is 559 g/mol. The summed E-state index contributed by atoms with van der Waals surface area (Å²) in [6.07, 6.45) is 7.28. The Kier molecular flexibility index (Phi) is 9.22. The minimum atomic E-state index is -0.323. The zero-order chi connectivity index (χ0) is 29.7. The molecule has 0 atom stereocenters. The highest BCUT2D eigenvalue weighted by molar-refractivity contribution is 5.90. The van der Waals surface area contributed by atoms with Gasteiger partial charge >= 0.3 is 0 Å². The molecule has 1 aliphatic heterocycles. The predicted octanol–water partition coefficient (Wildman–Crippen LogP) is 3.78. The third-order valence-corrected chi connectivity index (χ3v) is 7.13. The van der Waals surface area contributed by atoms with Gasteiger partial charge in [0.2, 0.25) is 11.8 Å². The number of piperazine rings is 1. The first-order valence-corrected chi connectivity index (χ1v) is 13.9. The zero-order valence-corrected chi connectivity index (χ0v) is 25.2. The molecule has 10 nitrogen and oxygen atoms in total. The summed E-state index contributed by atoms with van der Waals surface area (Å²) >= 11 is 0. The van der Waals surface area contributed by atoms with Crippen molar-refractivity contribution in [2.24, 2.45) is 0 Å². The maximum absolute atomic E-state index is 13.0. The molecule has 10 heteroatoms. The molecule has 0 bridgehead atoms. The number of aryl methyl sites for hydroxylation is 1. The molecule has 0 saturated carbocycles. The topological polar surface area (TPSA) is 98.9 Å². The second-order valence-corrected chi connectivity index (χ2v) is 11.8. The van der Waals surface area contributed by atoms with Crippen LogP contribution in [-0.4, -0.2) is 95.5 Å². The smallest absolute Gasteiger partial charge is 0.295 e. The molecular formula is C31H41N7O3. The third kappa shape index (κ3) is 7.38. The van der Waals surface area contributed by atoms with Crippen molar-refractivity contribution in [1.82, 2.24) is 29.8 Å². The second kappa shape index (κ2) is 12.6. The molecule has 1 aliphatic rings. The van der Waals surface area contributed by atoms with E-state index >= 15 is 0 Å². The lowest BCUT2D eigenvalue weighted by Crippen LogP contribution is -2.48. The van der Waals surface area contributed by atoms with Crippen molar-refractivity contribution in [2.45, 2.75) is 39.7 Å². The summed E-state index contributed by atoms with van der Waals surface area (Å²) in [5.74, 6) is 0.281. The normalized spacial score (nSPS) is 14.2. The molecule has 0 aliphatic carbocycles. The molecule has 2 amide bonds. The molecule has 4 rings (SSSR count). The van der Waals surface area contributed by atoms with Crippen LogP contribution in [0.15, 0.2) is 53.3 Å². The number of carbonyl (C=O) groups excluding carboxylic acids is 2. The van der Waals surface area contributed by atoms with Crippen LogP contribution in [0, 0.1) is 6.92 Å². The van der Waals surface area contributed by atoms with Gasteiger partial charge in [0.15, 0.2) is 0 Å². The second-order valence-electron chi connectivity index (χ2n) is 11.8. The van der Waals surface area contributed by atoms with Crippen LogP contribution in [0.25, 0.3) is 11.1 Å². The molecule has 1 aromatic carbocycles. The fraction of sp³-hybridized carbons (Fsp3) is 0.452. The van der Waals surface area contributed by atoms with Crippen molar-refractivity contribution in [3.05, 3.63) is 71.7 Å². The Balaban J connectivity index is 1.43. The number of likely N-dealkylation sites (N-methyl/N-ethyl adjacent to an activating group) is 1. The summed E-state index contributed by atoms with van der Waals surface area (Å²) in [5, 5.41) is 3.89. The van der Waals surface area contributed by atoms with E-state index in [2.05, 4.69) is 45.1 Å². The van der Waals surface area contributed by atoms with Crippen molar-refractivity contribution in [2.75, 3.05) is 58.8 Å². The van der Waals surface area contributed by atoms with Crippen LogP contribution < -0.4 is 4.90 Å². The van der Waals surface area contributed by atoms with Gasteiger partial charge in [0, 0.05) is 69.6 Å². The van der Waals surface area contributed by atoms with Crippen LogP contribution in [-0.2, 0) is 16.8 Å². The summed E-state index contributed by atoms with van der Waals surface area (Å²) in [4.78, 5) is 42.0. The summed E-state index contributed by atoms with van der Waals surface area (Å²) in [7, 11) is 5.70. The van der Waals surface area contributed by atoms with E-state index < -0.39 is 0 Å². The van der Waals surface area contributed by atoms with Gasteiger partial charge in [-0.3, -0.25) is 14.6 Å². The first-order valence-electron chi connectivity index (χ1n) is 13.9.